The fourth-order valence-electron chi connectivity index (χ4n) is 3.22. The van der Waals surface area contributed by atoms with Gasteiger partial charge in [0.15, 0.2) is 11.5 Å². The molecule has 10 heteroatoms. The number of carbonyl (C=O) groups is 1. The Labute approximate surface area is 219 Å². The lowest BCUT2D eigenvalue weighted by Gasteiger charge is -2.14. The first-order valence-corrected chi connectivity index (χ1v) is 12.4. The number of amides is 1. The Morgan fingerprint density at radius 3 is 2.56 bits per heavy atom. The van der Waals surface area contributed by atoms with Crippen molar-refractivity contribution >= 4 is 40.1 Å². The van der Waals surface area contributed by atoms with E-state index in [1.165, 1.54) is 30.1 Å². The van der Waals surface area contributed by atoms with E-state index in [2.05, 4.69) is 21.6 Å². The number of anilines is 1. The fourth-order valence-corrected chi connectivity index (χ4v) is 4.23. The number of hydrogen-bond donors (Lipinski definition) is 1. The van der Waals surface area contributed by atoms with E-state index in [1.54, 1.807) is 12.1 Å². The van der Waals surface area contributed by atoms with E-state index in [0.717, 1.165) is 16.3 Å². The van der Waals surface area contributed by atoms with Gasteiger partial charge in [-0.3, -0.25) is 10.1 Å². The van der Waals surface area contributed by atoms with Crippen molar-refractivity contribution in [2.24, 2.45) is 0 Å². The molecule has 188 valence electrons. The number of hydrogen-bond acceptors (Lipinski definition) is 8. The topological polar surface area (TPSA) is 106 Å². The molecule has 0 unspecified atom stereocenters. The van der Waals surface area contributed by atoms with Gasteiger partial charge in [0, 0.05) is 5.92 Å². The molecule has 0 spiro atoms. The molecule has 0 aliphatic rings. The minimum Gasteiger partial charge on any atom is -0.493 e. The maximum absolute atomic E-state index is 12.6. The number of nitrogens with zero attached hydrogens (tertiary/aromatic N) is 3. The number of methoxy groups -OCH3 is 1. The van der Waals surface area contributed by atoms with Crippen molar-refractivity contribution in [3.05, 3.63) is 62.6 Å². The molecular formula is C26H27ClN4O4S. The third-order valence-electron chi connectivity index (χ3n) is 5.00. The van der Waals surface area contributed by atoms with E-state index in [0.29, 0.717) is 28.8 Å². The van der Waals surface area contributed by atoms with Gasteiger partial charge in [-0.2, -0.15) is 5.26 Å². The zero-order valence-electron chi connectivity index (χ0n) is 20.7. The summed E-state index contributed by atoms with van der Waals surface area (Å²) < 4.78 is 17.0. The Morgan fingerprint density at radius 2 is 1.92 bits per heavy atom. The fraction of sp³-hybridized carbons (Fsp3) is 0.308. The van der Waals surface area contributed by atoms with E-state index in [1.807, 2.05) is 45.9 Å². The van der Waals surface area contributed by atoms with Crippen molar-refractivity contribution in [2.75, 3.05) is 25.6 Å². The van der Waals surface area contributed by atoms with Crippen molar-refractivity contribution in [3.8, 4) is 23.3 Å². The summed E-state index contributed by atoms with van der Waals surface area (Å²) >= 11 is 7.71. The van der Waals surface area contributed by atoms with Gasteiger partial charge in [-0.1, -0.05) is 54.5 Å². The number of rotatable bonds is 10. The average molecular weight is 527 g/mol. The average Bonchev–Trinajstić information content (AvgIpc) is 3.30. The summed E-state index contributed by atoms with van der Waals surface area (Å²) in [5.74, 6) is 1.09. The van der Waals surface area contributed by atoms with Crippen LogP contribution in [0.5, 0.6) is 17.2 Å². The molecule has 0 saturated carbocycles. The van der Waals surface area contributed by atoms with E-state index < -0.39 is 5.91 Å². The molecule has 0 aliphatic heterocycles. The zero-order chi connectivity index (χ0) is 26.2. The summed E-state index contributed by atoms with van der Waals surface area (Å²) in [5.41, 5.74) is 2.59. The highest BCUT2D eigenvalue weighted by Gasteiger charge is 2.16. The molecule has 0 atom stereocenters. The van der Waals surface area contributed by atoms with Crippen molar-refractivity contribution < 1.29 is 19.0 Å². The van der Waals surface area contributed by atoms with Crippen LogP contribution in [0.2, 0.25) is 5.02 Å². The molecule has 0 bridgehead atoms. The van der Waals surface area contributed by atoms with Crippen LogP contribution in [0.15, 0.2) is 35.9 Å². The molecule has 3 rings (SSSR count). The molecule has 0 fully saturated rings. The molecule has 1 aromatic heterocycles. The van der Waals surface area contributed by atoms with Gasteiger partial charge in [0.05, 0.1) is 12.1 Å². The number of benzene rings is 2. The van der Waals surface area contributed by atoms with Crippen molar-refractivity contribution in [1.29, 1.82) is 5.26 Å². The van der Waals surface area contributed by atoms with E-state index in [-0.39, 0.29) is 23.1 Å². The van der Waals surface area contributed by atoms with Crippen molar-refractivity contribution in [2.45, 2.75) is 33.6 Å². The monoisotopic (exact) mass is 526 g/mol. The molecule has 1 amide bonds. The van der Waals surface area contributed by atoms with Crippen LogP contribution >= 0.6 is 22.9 Å². The van der Waals surface area contributed by atoms with Gasteiger partial charge in [-0.25, -0.2) is 0 Å². The highest BCUT2D eigenvalue weighted by molar-refractivity contribution is 7.15. The molecule has 0 aliphatic carbocycles. The standard InChI is InChI=1S/C26H27ClN4O4S/c1-15(2)25-30-31-26(36-25)29-24(32)19(14-28)11-18-12-20(27)23(22(13-18)33-5)35-9-8-34-21-7-6-16(3)10-17(21)4/h6-7,10-13,15H,8-9H2,1-5H3,(H,29,31,32)/b19-11-. The lowest BCUT2D eigenvalue weighted by Crippen LogP contribution is -2.13. The molecule has 36 heavy (non-hydrogen) atoms. The van der Waals surface area contributed by atoms with Crippen LogP contribution in [-0.4, -0.2) is 36.4 Å². The van der Waals surface area contributed by atoms with E-state index in [9.17, 15) is 10.1 Å². The summed E-state index contributed by atoms with van der Waals surface area (Å²) in [4.78, 5) is 12.6. The number of carbonyl (C=O) groups excluding carboxylic acids is 1. The van der Waals surface area contributed by atoms with Gasteiger partial charge in [0.25, 0.3) is 5.91 Å². The first-order valence-electron chi connectivity index (χ1n) is 11.2. The van der Waals surface area contributed by atoms with Crippen LogP contribution in [0, 0.1) is 25.2 Å². The van der Waals surface area contributed by atoms with E-state index >= 15 is 0 Å². The van der Waals surface area contributed by atoms with Gasteiger partial charge in [-0.15, -0.1) is 10.2 Å². The summed E-state index contributed by atoms with van der Waals surface area (Å²) in [6.07, 6.45) is 1.42. The highest BCUT2D eigenvalue weighted by Crippen LogP contribution is 2.37. The number of ether oxygens (including phenoxy) is 3. The number of halogens is 1. The summed E-state index contributed by atoms with van der Waals surface area (Å²) in [7, 11) is 1.48. The molecular weight excluding hydrogens is 500 g/mol. The first kappa shape index (κ1) is 27.0. The van der Waals surface area contributed by atoms with Gasteiger partial charge in [-0.05, 0) is 49.2 Å². The predicted octanol–water partition coefficient (Wildman–Crippen LogP) is 5.94. The zero-order valence-corrected chi connectivity index (χ0v) is 22.3. The second-order valence-corrected chi connectivity index (χ2v) is 9.64. The van der Waals surface area contributed by atoms with Crippen LogP contribution in [0.1, 0.15) is 41.5 Å². The second-order valence-electron chi connectivity index (χ2n) is 8.22. The minimum absolute atomic E-state index is 0.120. The third-order valence-corrected chi connectivity index (χ3v) is 6.42. The number of nitriles is 1. The Kier molecular flexibility index (Phi) is 9.28. The van der Waals surface area contributed by atoms with Gasteiger partial charge in [0.2, 0.25) is 5.13 Å². The van der Waals surface area contributed by atoms with E-state index in [4.69, 9.17) is 25.8 Å². The third kappa shape index (κ3) is 6.97. The van der Waals surface area contributed by atoms with Crippen LogP contribution in [0.25, 0.3) is 6.08 Å². The number of aromatic nitrogens is 2. The van der Waals surface area contributed by atoms with Crippen LogP contribution < -0.4 is 19.5 Å². The SMILES string of the molecule is COc1cc(/C=C(/C#N)C(=O)Nc2nnc(C(C)C)s2)cc(Cl)c1OCCOc1ccc(C)cc1C. The lowest BCUT2D eigenvalue weighted by molar-refractivity contribution is -0.112. The summed E-state index contributed by atoms with van der Waals surface area (Å²) in [6.45, 7) is 8.53. The largest absolute Gasteiger partial charge is 0.493 e. The smallest absolute Gasteiger partial charge is 0.268 e. The van der Waals surface area contributed by atoms with Crippen LogP contribution in [0.3, 0.4) is 0 Å². The minimum atomic E-state index is -0.595. The first-order chi connectivity index (χ1) is 17.2. The Hall–Kier alpha value is -3.61. The number of nitrogens with one attached hydrogen (secondary N) is 1. The molecule has 3 aromatic rings. The second kappa shape index (κ2) is 12.4. The molecule has 1 N–H and O–H groups in total. The molecule has 0 saturated heterocycles. The van der Waals surface area contributed by atoms with Gasteiger partial charge in [0.1, 0.15) is 35.6 Å². The highest BCUT2D eigenvalue weighted by atomic mass is 35.5. The Balaban J connectivity index is 1.69. The maximum atomic E-state index is 12.6. The number of aryl methyl sites for hydroxylation is 2. The molecule has 0 radical (unpaired) electrons. The predicted molar refractivity (Wildman–Crippen MR) is 141 cm³/mol. The van der Waals surface area contributed by atoms with Crippen molar-refractivity contribution in [3.63, 3.8) is 0 Å². The van der Waals surface area contributed by atoms with Gasteiger partial charge < -0.3 is 14.2 Å². The Bertz CT molecular complexity index is 1310. The summed E-state index contributed by atoms with van der Waals surface area (Å²) in [6, 6.07) is 11.1. The van der Waals surface area contributed by atoms with Crippen LogP contribution in [0.4, 0.5) is 5.13 Å². The van der Waals surface area contributed by atoms with Crippen molar-refractivity contribution in [1.82, 2.24) is 10.2 Å². The van der Waals surface area contributed by atoms with Gasteiger partial charge >= 0.3 is 0 Å². The normalized spacial score (nSPS) is 11.2. The van der Waals surface area contributed by atoms with Crippen LogP contribution in [-0.2, 0) is 4.79 Å². The quantitative estimate of drug-likeness (QED) is 0.198. The molecule has 8 nitrogen and oxygen atoms in total. The molecule has 2 aromatic carbocycles. The lowest BCUT2D eigenvalue weighted by atomic mass is 10.1. The Morgan fingerprint density at radius 1 is 1.17 bits per heavy atom. The summed E-state index contributed by atoms with van der Waals surface area (Å²) in [5, 5.41) is 21.5. The maximum Gasteiger partial charge on any atom is 0.268 e. The molecule has 1 heterocycles.